The molecule has 8 heteroatoms. The molecule has 0 radical (unpaired) electrons. The third-order valence-corrected chi connectivity index (χ3v) is 4.14. The highest BCUT2D eigenvalue weighted by atomic mass is 79.9. The average Bonchev–Trinajstić information content (AvgIpc) is 2.38. The number of carbonyl (C=O) groups excluding carboxylic acids is 1. The van der Waals surface area contributed by atoms with Crippen LogP contribution in [0.15, 0.2) is 16.6 Å². The second-order valence-corrected chi connectivity index (χ2v) is 6.21. The first-order chi connectivity index (χ1) is 9.31. The Morgan fingerprint density at radius 1 is 1.45 bits per heavy atom. The molecule has 0 aliphatic carbocycles. The van der Waals surface area contributed by atoms with Crippen LogP contribution in [0.1, 0.15) is 6.42 Å². The van der Waals surface area contributed by atoms with Crippen LogP contribution in [0.4, 0.5) is 0 Å². The van der Waals surface area contributed by atoms with E-state index in [0.29, 0.717) is 38.2 Å². The van der Waals surface area contributed by atoms with Gasteiger partial charge in [-0.25, -0.2) is 0 Å². The highest BCUT2D eigenvalue weighted by molar-refractivity contribution is 9.10. The number of hydrogen-bond acceptors (Lipinski definition) is 3. The number of halogens is 3. The molecule has 0 aromatic heterocycles. The molecule has 0 bridgehead atoms. The molecule has 0 aliphatic heterocycles. The maximum atomic E-state index is 11.8. The molecular formula is C12H13BrCl2N2O2S. The number of thiocarbonyl (C=S) groups is 1. The lowest BCUT2D eigenvalue weighted by Crippen LogP contribution is -2.33. The van der Waals surface area contributed by atoms with Gasteiger partial charge in [-0.05, 0) is 22.0 Å². The fourth-order valence-corrected chi connectivity index (χ4v) is 2.21. The van der Waals surface area contributed by atoms with Crippen molar-refractivity contribution in [3.63, 3.8) is 0 Å². The van der Waals surface area contributed by atoms with Gasteiger partial charge in [0, 0.05) is 30.6 Å². The first-order valence-electron chi connectivity index (χ1n) is 5.61. The first-order valence-corrected chi connectivity index (χ1v) is 7.56. The lowest BCUT2D eigenvalue weighted by Gasteiger charge is -2.17. The summed E-state index contributed by atoms with van der Waals surface area (Å²) in [6.45, 7) is 0.317. The lowest BCUT2D eigenvalue weighted by molar-refractivity contribution is -0.131. The second kappa shape index (κ2) is 8.02. The van der Waals surface area contributed by atoms with Crippen molar-refractivity contribution in [1.82, 2.24) is 4.90 Å². The highest BCUT2D eigenvalue weighted by Crippen LogP contribution is 2.33. The van der Waals surface area contributed by atoms with Crippen LogP contribution in [0.3, 0.4) is 0 Å². The summed E-state index contributed by atoms with van der Waals surface area (Å²) in [4.78, 5) is 13.7. The Labute approximate surface area is 141 Å². The summed E-state index contributed by atoms with van der Waals surface area (Å²) in [5.41, 5.74) is 5.38. The summed E-state index contributed by atoms with van der Waals surface area (Å²) in [7, 11) is 1.65. The fraction of sp³-hybridized carbons (Fsp3) is 0.333. The van der Waals surface area contributed by atoms with Crippen molar-refractivity contribution in [3.05, 3.63) is 26.7 Å². The van der Waals surface area contributed by atoms with E-state index >= 15 is 0 Å². The van der Waals surface area contributed by atoms with Gasteiger partial charge in [0.1, 0.15) is 5.75 Å². The van der Waals surface area contributed by atoms with E-state index in [9.17, 15) is 4.79 Å². The third-order valence-electron chi connectivity index (χ3n) is 2.45. The summed E-state index contributed by atoms with van der Waals surface area (Å²) >= 11 is 19.9. The van der Waals surface area contributed by atoms with Crippen LogP contribution in [0.5, 0.6) is 5.75 Å². The van der Waals surface area contributed by atoms with Crippen LogP contribution >= 0.6 is 51.3 Å². The van der Waals surface area contributed by atoms with Crippen molar-refractivity contribution in [1.29, 1.82) is 0 Å². The van der Waals surface area contributed by atoms with Gasteiger partial charge in [-0.2, -0.15) is 0 Å². The molecule has 4 nitrogen and oxygen atoms in total. The standard InChI is InChI=1S/C12H13BrCl2N2O2S/c1-17(3-2-11(16)20)12(18)6-19-10-5-8(14)7(13)4-9(10)15/h4-5H,2-3,6H2,1H3,(H2,16,20). The topological polar surface area (TPSA) is 55.6 Å². The van der Waals surface area contributed by atoms with Crippen molar-refractivity contribution in [3.8, 4) is 5.75 Å². The molecule has 2 N–H and O–H groups in total. The van der Waals surface area contributed by atoms with Crippen molar-refractivity contribution in [2.75, 3.05) is 20.2 Å². The predicted octanol–water partition coefficient (Wildman–Crippen LogP) is 3.27. The Hall–Kier alpha value is -0.560. The smallest absolute Gasteiger partial charge is 0.260 e. The molecule has 0 unspecified atom stereocenters. The van der Waals surface area contributed by atoms with Gasteiger partial charge in [0.15, 0.2) is 6.61 Å². The van der Waals surface area contributed by atoms with E-state index in [1.54, 1.807) is 19.2 Å². The minimum atomic E-state index is -0.198. The predicted molar refractivity (Wildman–Crippen MR) is 88.7 cm³/mol. The van der Waals surface area contributed by atoms with Crippen molar-refractivity contribution >= 4 is 62.2 Å². The van der Waals surface area contributed by atoms with Gasteiger partial charge in [-0.1, -0.05) is 35.4 Å². The summed E-state index contributed by atoms with van der Waals surface area (Å²) in [6.07, 6.45) is 0.475. The SMILES string of the molecule is CN(CCC(N)=S)C(=O)COc1cc(Cl)c(Br)cc1Cl. The van der Waals surface area contributed by atoms with Crippen LogP contribution < -0.4 is 10.5 Å². The van der Waals surface area contributed by atoms with Crippen molar-refractivity contribution in [2.24, 2.45) is 5.73 Å². The number of amides is 1. The number of nitrogens with zero attached hydrogens (tertiary/aromatic N) is 1. The van der Waals surface area contributed by atoms with Crippen molar-refractivity contribution in [2.45, 2.75) is 6.42 Å². The zero-order valence-corrected chi connectivity index (χ0v) is 14.6. The van der Waals surface area contributed by atoms with Gasteiger partial charge in [0.25, 0.3) is 5.91 Å². The van der Waals surface area contributed by atoms with Gasteiger partial charge in [0.2, 0.25) is 0 Å². The Morgan fingerprint density at radius 3 is 2.70 bits per heavy atom. The summed E-state index contributed by atoms with van der Waals surface area (Å²) < 4.78 is 6.03. The molecule has 20 heavy (non-hydrogen) atoms. The van der Waals surface area contributed by atoms with E-state index in [1.165, 1.54) is 4.90 Å². The molecule has 0 heterocycles. The minimum Gasteiger partial charge on any atom is -0.482 e. The van der Waals surface area contributed by atoms with Crippen LogP contribution in [-0.2, 0) is 4.79 Å². The van der Waals surface area contributed by atoms with E-state index in [1.807, 2.05) is 0 Å². The Kier molecular flexibility index (Phi) is 7.02. The number of nitrogens with two attached hydrogens (primary N) is 1. The van der Waals surface area contributed by atoms with Crippen LogP contribution in [0, 0.1) is 0 Å². The zero-order valence-electron chi connectivity index (χ0n) is 10.7. The van der Waals surface area contributed by atoms with E-state index in [2.05, 4.69) is 15.9 Å². The molecule has 0 spiro atoms. The maximum Gasteiger partial charge on any atom is 0.260 e. The Balaban J connectivity index is 2.56. The van der Waals surface area contributed by atoms with E-state index in [-0.39, 0.29) is 12.5 Å². The molecule has 1 aromatic carbocycles. The second-order valence-electron chi connectivity index (χ2n) is 4.02. The molecule has 1 rings (SSSR count). The number of rotatable bonds is 6. The van der Waals surface area contributed by atoms with Crippen LogP contribution in [-0.4, -0.2) is 36.0 Å². The van der Waals surface area contributed by atoms with Crippen molar-refractivity contribution < 1.29 is 9.53 Å². The third kappa shape index (κ3) is 5.44. The largest absolute Gasteiger partial charge is 0.482 e. The van der Waals surface area contributed by atoms with Crippen LogP contribution in [0.2, 0.25) is 10.0 Å². The number of ether oxygens (including phenoxy) is 1. The normalized spacial score (nSPS) is 10.2. The molecular weight excluding hydrogens is 387 g/mol. The minimum absolute atomic E-state index is 0.133. The molecule has 1 amide bonds. The summed E-state index contributed by atoms with van der Waals surface area (Å²) in [5.74, 6) is 0.160. The first kappa shape index (κ1) is 17.5. The zero-order chi connectivity index (χ0) is 15.3. The maximum absolute atomic E-state index is 11.8. The average molecular weight is 400 g/mol. The molecule has 0 saturated carbocycles. The van der Waals surface area contributed by atoms with Crippen LogP contribution in [0.25, 0.3) is 0 Å². The van der Waals surface area contributed by atoms with Gasteiger partial charge in [-0.15, -0.1) is 0 Å². The Bertz CT molecular complexity index is 528. The molecule has 0 atom stereocenters. The van der Waals surface area contributed by atoms with Gasteiger partial charge >= 0.3 is 0 Å². The van der Waals surface area contributed by atoms with Gasteiger partial charge in [0.05, 0.1) is 15.0 Å². The number of likely N-dealkylation sites (N-methyl/N-ethyl adjacent to an activating group) is 1. The molecule has 0 fully saturated rings. The number of benzene rings is 1. The molecule has 0 aliphatic rings. The molecule has 0 saturated heterocycles. The van der Waals surface area contributed by atoms with Gasteiger partial charge < -0.3 is 15.4 Å². The fourth-order valence-electron chi connectivity index (χ4n) is 1.27. The highest BCUT2D eigenvalue weighted by Gasteiger charge is 2.12. The molecule has 1 aromatic rings. The Morgan fingerprint density at radius 2 is 2.10 bits per heavy atom. The monoisotopic (exact) mass is 398 g/mol. The molecule has 110 valence electrons. The van der Waals surface area contributed by atoms with Gasteiger partial charge in [-0.3, -0.25) is 4.79 Å². The quantitative estimate of drug-likeness (QED) is 0.589. The number of carbonyl (C=O) groups is 1. The summed E-state index contributed by atoms with van der Waals surface area (Å²) in [6, 6.07) is 3.16. The van der Waals surface area contributed by atoms with E-state index in [0.717, 1.165) is 0 Å². The van der Waals surface area contributed by atoms with E-state index < -0.39 is 0 Å². The summed E-state index contributed by atoms with van der Waals surface area (Å²) in [5, 5.41) is 0.832. The van der Waals surface area contributed by atoms with E-state index in [4.69, 9.17) is 45.9 Å². The number of hydrogen-bond donors (Lipinski definition) is 1. The lowest BCUT2D eigenvalue weighted by atomic mass is 10.3.